The molecule has 2 rings (SSSR count). The van der Waals surface area contributed by atoms with Crippen LogP contribution in [0.15, 0.2) is 0 Å². The SMILES string of the molecule is COC(=O)c1c(N)sc2c1[C@H](C(=O)OC)CC2. The lowest BCUT2D eigenvalue weighted by Gasteiger charge is -2.09. The van der Waals surface area contributed by atoms with E-state index in [1.165, 1.54) is 25.6 Å². The van der Waals surface area contributed by atoms with Crippen molar-refractivity contribution in [2.24, 2.45) is 0 Å². The Balaban J connectivity index is 2.49. The van der Waals surface area contributed by atoms with Crippen LogP contribution in [0.1, 0.15) is 33.1 Å². The van der Waals surface area contributed by atoms with Crippen molar-refractivity contribution in [2.45, 2.75) is 18.8 Å². The van der Waals surface area contributed by atoms with Gasteiger partial charge in [-0.1, -0.05) is 0 Å². The van der Waals surface area contributed by atoms with Gasteiger partial charge in [-0.05, 0) is 18.4 Å². The highest BCUT2D eigenvalue weighted by Gasteiger charge is 2.37. The van der Waals surface area contributed by atoms with Crippen molar-refractivity contribution in [3.05, 3.63) is 16.0 Å². The van der Waals surface area contributed by atoms with Gasteiger partial charge in [0.2, 0.25) is 0 Å². The van der Waals surface area contributed by atoms with Gasteiger partial charge in [0.05, 0.1) is 25.7 Å². The molecule has 0 fully saturated rings. The molecular weight excluding hydrogens is 242 g/mol. The second-order valence-corrected chi connectivity index (χ2v) is 4.92. The monoisotopic (exact) mass is 255 g/mol. The molecule has 0 saturated carbocycles. The Kier molecular flexibility index (Phi) is 3.06. The fourth-order valence-corrected chi connectivity index (χ4v) is 3.31. The molecular formula is C11H13NO4S. The molecule has 0 saturated heterocycles. The van der Waals surface area contributed by atoms with Gasteiger partial charge in [0.15, 0.2) is 0 Å². The molecule has 0 radical (unpaired) electrons. The number of aryl methyl sites for hydroxylation is 1. The summed E-state index contributed by atoms with van der Waals surface area (Å²) < 4.78 is 9.44. The highest BCUT2D eigenvalue weighted by molar-refractivity contribution is 7.16. The van der Waals surface area contributed by atoms with Crippen LogP contribution in [0.5, 0.6) is 0 Å². The normalized spacial score (nSPS) is 17.6. The molecule has 5 nitrogen and oxygen atoms in total. The quantitative estimate of drug-likeness (QED) is 0.806. The van der Waals surface area contributed by atoms with Crippen molar-refractivity contribution in [1.82, 2.24) is 0 Å². The third-order valence-electron chi connectivity index (χ3n) is 2.93. The van der Waals surface area contributed by atoms with E-state index in [-0.39, 0.29) is 5.97 Å². The molecule has 0 bridgehead atoms. The summed E-state index contributed by atoms with van der Waals surface area (Å²) in [6.45, 7) is 0. The molecule has 92 valence electrons. The molecule has 0 unspecified atom stereocenters. The standard InChI is InChI=1S/C11H13NO4S/c1-15-10(13)5-3-4-6-7(5)8(9(12)17-6)11(14)16-2/h5H,3-4,12H2,1-2H3/t5-/m1/s1. The van der Waals surface area contributed by atoms with E-state index in [1.54, 1.807) is 0 Å². The average Bonchev–Trinajstić information content (AvgIpc) is 2.84. The first-order valence-corrected chi connectivity index (χ1v) is 5.99. The Morgan fingerprint density at radius 1 is 1.35 bits per heavy atom. The summed E-state index contributed by atoms with van der Waals surface area (Å²) in [5, 5.41) is 0.412. The Morgan fingerprint density at radius 2 is 2.06 bits per heavy atom. The molecule has 1 atom stereocenters. The van der Waals surface area contributed by atoms with E-state index >= 15 is 0 Å². The summed E-state index contributed by atoms with van der Waals surface area (Å²) in [5.74, 6) is -1.21. The summed E-state index contributed by atoms with van der Waals surface area (Å²) in [7, 11) is 2.64. The highest BCUT2D eigenvalue weighted by atomic mass is 32.1. The summed E-state index contributed by atoms with van der Waals surface area (Å²) in [6.07, 6.45) is 1.42. The first-order chi connectivity index (χ1) is 8.10. The maximum absolute atomic E-state index is 11.7. The third kappa shape index (κ3) is 1.78. The fraction of sp³-hybridized carbons (Fsp3) is 0.455. The summed E-state index contributed by atoms with van der Waals surface area (Å²) in [6, 6.07) is 0. The smallest absolute Gasteiger partial charge is 0.341 e. The number of nitrogen functional groups attached to an aromatic ring is 1. The van der Waals surface area contributed by atoms with Crippen LogP contribution in [0, 0.1) is 0 Å². The van der Waals surface area contributed by atoms with Crippen LogP contribution in [0.25, 0.3) is 0 Å². The Labute approximate surface area is 103 Å². The molecule has 6 heteroatoms. The Bertz CT molecular complexity index is 480. The molecule has 2 N–H and O–H groups in total. The molecule has 1 aliphatic rings. The van der Waals surface area contributed by atoms with Crippen molar-refractivity contribution in [2.75, 3.05) is 20.0 Å². The number of esters is 2. The van der Waals surface area contributed by atoms with Crippen LogP contribution in [0.2, 0.25) is 0 Å². The zero-order chi connectivity index (χ0) is 12.6. The molecule has 0 aliphatic heterocycles. The highest BCUT2D eigenvalue weighted by Crippen LogP contribution is 2.44. The van der Waals surface area contributed by atoms with E-state index in [4.69, 9.17) is 15.2 Å². The molecule has 1 aliphatic carbocycles. The second-order valence-electron chi connectivity index (χ2n) is 3.78. The first kappa shape index (κ1) is 11.9. The van der Waals surface area contributed by atoms with E-state index in [0.717, 1.165) is 11.3 Å². The number of thiophene rings is 1. The number of hydrogen-bond acceptors (Lipinski definition) is 6. The average molecular weight is 255 g/mol. The van der Waals surface area contributed by atoms with E-state index in [0.29, 0.717) is 22.5 Å². The van der Waals surface area contributed by atoms with E-state index < -0.39 is 11.9 Å². The number of hydrogen-bond donors (Lipinski definition) is 1. The maximum Gasteiger partial charge on any atom is 0.341 e. The van der Waals surface area contributed by atoms with Crippen LogP contribution < -0.4 is 5.73 Å². The summed E-state index contributed by atoms with van der Waals surface area (Å²) in [5.41, 5.74) is 6.83. The van der Waals surface area contributed by atoms with Crippen LogP contribution >= 0.6 is 11.3 Å². The van der Waals surface area contributed by atoms with Gasteiger partial charge in [0, 0.05) is 4.88 Å². The topological polar surface area (TPSA) is 78.6 Å². The number of rotatable bonds is 2. The molecule has 1 aromatic rings. The van der Waals surface area contributed by atoms with Crippen molar-refractivity contribution >= 4 is 28.3 Å². The van der Waals surface area contributed by atoms with E-state index in [9.17, 15) is 9.59 Å². The minimum absolute atomic E-state index is 0.327. The maximum atomic E-state index is 11.7. The number of anilines is 1. The van der Waals surface area contributed by atoms with Crippen molar-refractivity contribution in [3.8, 4) is 0 Å². The number of carbonyl (C=O) groups excluding carboxylic acids is 2. The predicted octanol–water partition coefficient (Wildman–Crippen LogP) is 1.32. The van der Waals surface area contributed by atoms with Crippen molar-refractivity contribution in [3.63, 3.8) is 0 Å². The number of methoxy groups -OCH3 is 2. The number of carbonyl (C=O) groups is 2. The summed E-state index contributed by atoms with van der Waals surface area (Å²) in [4.78, 5) is 24.3. The van der Waals surface area contributed by atoms with Gasteiger partial charge < -0.3 is 15.2 Å². The molecule has 0 spiro atoms. The van der Waals surface area contributed by atoms with Gasteiger partial charge in [0.1, 0.15) is 5.00 Å². The molecule has 17 heavy (non-hydrogen) atoms. The summed E-state index contributed by atoms with van der Waals surface area (Å²) >= 11 is 1.35. The van der Waals surface area contributed by atoms with Crippen LogP contribution in [0.4, 0.5) is 5.00 Å². The molecule has 0 aromatic carbocycles. The lowest BCUT2D eigenvalue weighted by Crippen LogP contribution is -2.15. The van der Waals surface area contributed by atoms with Gasteiger partial charge >= 0.3 is 11.9 Å². The fourth-order valence-electron chi connectivity index (χ4n) is 2.18. The van der Waals surface area contributed by atoms with Crippen LogP contribution in [-0.4, -0.2) is 26.2 Å². The van der Waals surface area contributed by atoms with Gasteiger partial charge in [-0.15, -0.1) is 11.3 Å². The lowest BCUT2D eigenvalue weighted by atomic mass is 9.99. The van der Waals surface area contributed by atoms with E-state index in [1.807, 2.05) is 0 Å². The lowest BCUT2D eigenvalue weighted by molar-refractivity contribution is -0.142. The molecule has 1 heterocycles. The van der Waals surface area contributed by atoms with Crippen LogP contribution in [0.3, 0.4) is 0 Å². The second kappa shape index (κ2) is 4.37. The Morgan fingerprint density at radius 3 is 2.65 bits per heavy atom. The first-order valence-electron chi connectivity index (χ1n) is 5.17. The van der Waals surface area contributed by atoms with E-state index in [2.05, 4.69) is 0 Å². The zero-order valence-electron chi connectivity index (χ0n) is 9.61. The molecule has 0 amide bonds. The predicted molar refractivity (Wildman–Crippen MR) is 63.1 cm³/mol. The van der Waals surface area contributed by atoms with Gasteiger partial charge in [-0.2, -0.15) is 0 Å². The van der Waals surface area contributed by atoms with Crippen molar-refractivity contribution in [1.29, 1.82) is 0 Å². The van der Waals surface area contributed by atoms with Crippen LogP contribution in [-0.2, 0) is 20.7 Å². The minimum atomic E-state index is -0.490. The molecule has 1 aromatic heterocycles. The largest absolute Gasteiger partial charge is 0.469 e. The third-order valence-corrected chi connectivity index (χ3v) is 4.03. The van der Waals surface area contributed by atoms with Gasteiger partial charge in [-0.25, -0.2) is 4.79 Å². The minimum Gasteiger partial charge on any atom is -0.469 e. The van der Waals surface area contributed by atoms with Crippen molar-refractivity contribution < 1.29 is 19.1 Å². The number of ether oxygens (including phenoxy) is 2. The zero-order valence-corrected chi connectivity index (χ0v) is 10.4. The van der Waals surface area contributed by atoms with Gasteiger partial charge in [-0.3, -0.25) is 4.79 Å². The number of nitrogens with two attached hydrogens (primary N) is 1. The Hall–Kier alpha value is -1.56. The number of fused-ring (bicyclic) bond motifs is 1. The van der Waals surface area contributed by atoms with Gasteiger partial charge in [0.25, 0.3) is 0 Å².